The zero-order valence-corrected chi connectivity index (χ0v) is 11.9. The number of carboxylic acids is 1. The number of nitro groups is 1. The van der Waals surface area contributed by atoms with Crippen LogP contribution in [0, 0.1) is 10.1 Å². The molecule has 0 saturated heterocycles. The van der Waals surface area contributed by atoms with Crippen LogP contribution in [0.4, 0.5) is 5.69 Å². The number of carbonyl (C=O) groups is 1. The minimum absolute atomic E-state index is 0.0554. The fourth-order valence-electron chi connectivity index (χ4n) is 2.23. The SMILES string of the molecule is O=C(O)c1c(-c2cscn2)ccn1-c1ccccc1[N+](=O)[O-]. The van der Waals surface area contributed by atoms with Gasteiger partial charge >= 0.3 is 5.97 Å². The lowest BCUT2D eigenvalue weighted by Gasteiger charge is -2.08. The maximum Gasteiger partial charge on any atom is 0.353 e. The Labute approximate surface area is 128 Å². The van der Waals surface area contributed by atoms with E-state index in [0.717, 1.165) is 0 Å². The second kappa shape index (κ2) is 5.41. The van der Waals surface area contributed by atoms with E-state index in [1.165, 1.54) is 40.3 Å². The van der Waals surface area contributed by atoms with E-state index in [0.29, 0.717) is 11.3 Å². The third-order valence-corrected chi connectivity index (χ3v) is 3.72. The molecule has 2 heterocycles. The number of hydrogen-bond donors (Lipinski definition) is 1. The van der Waals surface area contributed by atoms with Crippen LogP contribution < -0.4 is 0 Å². The number of rotatable bonds is 4. The van der Waals surface area contributed by atoms with Crippen molar-refractivity contribution in [2.24, 2.45) is 0 Å². The second-order valence-corrected chi connectivity index (χ2v) is 5.09. The van der Waals surface area contributed by atoms with Gasteiger partial charge in [-0.1, -0.05) is 12.1 Å². The lowest BCUT2D eigenvalue weighted by atomic mass is 10.2. The first kappa shape index (κ1) is 14.0. The zero-order chi connectivity index (χ0) is 15.7. The van der Waals surface area contributed by atoms with Crippen molar-refractivity contribution >= 4 is 23.0 Å². The largest absolute Gasteiger partial charge is 0.477 e. The Morgan fingerprint density at radius 1 is 1.32 bits per heavy atom. The molecular formula is C14H9N3O4S. The first-order valence-electron chi connectivity index (χ1n) is 6.16. The van der Waals surface area contributed by atoms with E-state index < -0.39 is 10.9 Å². The van der Waals surface area contributed by atoms with Gasteiger partial charge in [-0.3, -0.25) is 10.1 Å². The summed E-state index contributed by atoms with van der Waals surface area (Å²) in [6.07, 6.45) is 1.50. The van der Waals surface area contributed by atoms with Crippen LogP contribution in [0.25, 0.3) is 16.9 Å². The van der Waals surface area contributed by atoms with E-state index in [1.54, 1.807) is 23.0 Å². The van der Waals surface area contributed by atoms with Crippen molar-refractivity contribution in [1.82, 2.24) is 9.55 Å². The van der Waals surface area contributed by atoms with Crippen molar-refractivity contribution in [3.05, 3.63) is 63.2 Å². The minimum atomic E-state index is -1.17. The molecule has 1 aromatic carbocycles. The molecule has 2 aromatic heterocycles. The molecule has 0 fully saturated rings. The van der Waals surface area contributed by atoms with Gasteiger partial charge in [0.2, 0.25) is 0 Å². The third-order valence-electron chi connectivity index (χ3n) is 3.14. The van der Waals surface area contributed by atoms with E-state index >= 15 is 0 Å². The highest BCUT2D eigenvalue weighted by Crippen LogP contribution is 2.30. The van der Waals surface area contributed by atoms with Crippen molar-refractivity contribution < 1.29 is 14.8 Å². The first-order chi connectivity index (χ1) is 10.6. The number of thiazole rings is 1. The molecule has 7 nitrogen and oxygen atoms in total. The van der Waals surface area contributed by atoms with Crippen LogP contribution >= 0.6 is 11.3 Å². The van der Waals surface area contributed by atoms with Crippen LogP contribution in [-0.2, 0) is 0 Å². The zero-order valence-electron chi connectivity index (χ0n) is 11.0. The van der Waals surface area contributed by atoms with Gasteiger partial charge in [0.1, 0.15) is 11.4 Å². The second-order valence-electron chi connectivity index (χ2n) is 4.37. The van der Waals surface area contributed by atoms with Crippen LogP contribution in [0.2, 0.25) is 0 Å². The average Bonchev–Trinajstić information content (AvgIpc) is 3.15. The molecular weight excluding hydrogens is 306 g/mol. The molecule has 3 aromatic rings. The Bertz CT molecular complexity index is 855. The highest BCUT2D eigenvalue weighted by molar-refractivity contribution is 7.07. The molecule has 0 amide bonds. The minimum Gasteiger partial charge on any atom is -0.477 e. The van der Waals surface area contributed by atoms with Gasteiger partial charge in [-0.25, -0.2) is 9.78 Å². The van der Waals surface area contributed by atoms with Crippen LogP contribution in [0.1, 0.15) is 10.5 Å². The molecule has 3 rings (SSSR count). The Morgan fingerprint density at radius 2 is 2.09 bits per heavy atom. The summed E-state index contributed by atoms with van der Waals surface area (Å²) in [7, 11) is 0. The molecule has 0 aliphatic carbocycles. The van der Waals surface area contributed by atoms with Gasteiger partial charge in [-0.2, -0.15) is 0 Å². The van der Waals surface area contributed by atoms with Crippen molar-refractivity contribution in [2.75, 3.05) is 0 Å². The number of aromatic nitrogens is 2. The molecule has 8 heteroatoms. The summed E-state index contributed by atoms with van der Waals surface area (Å²) in [6, 6.07) is 7.59. The standard InChI is InChI=1S/C14H9N3O4S/c18-14(19)13-9(10-7-22-8-15-10)5-6-16(13)11-3-1-2-4-12(11)17(20)21/h1-8H,(H,18,19). The van der Waals surface area contributed by atoms with Gasteiger partial charge in [0.25, 0.3) is 5.69 Å². The quantitative estimate of drug-likeness (QED) is 0.589. The smallest absolute Gasteiger partial charge is 0.353 e. The van der Waals surface area contributed by atoms with Crippen molar-refractivity contribution in [1.29, 1.82) is 0 Å². The number of nitrogens with zero attached hydrogens (tertiary/aromatic N) is 3. The van der Waals surface area contributed by atoms with E-state index in [4.69, 9.17) is 0 Å². The molecule has 110 valence electrons. The predicted octanol–water partition coefficient (Wildman–Crippen LogP) is 3.21. The number of nitro benzene ring substituents is 1. The normalized spacial score (nSPS) is 10.5. The monoisotopic (exact) mass is 315 g/mol. The molecule has 0 radical (unpaired) electrons. The number of benzene rings is 1. The number of aromatic carboxylic acids is 1. The lowest BCUT2D eigenvalue weighted by molar-refractivity contribution is -0.384. The first-order valence-corrected chi connectivity index (χ1v) is 7.11. The topological polar surface area (TPSA) is 98.3 Å². The van der Waals surface area contributed by atoms with E-state index in [2.05, 4.69) is 4.98 Å². The molecule has 0 spiro atoms. The molecule has 0 aliphatic heterocycles. The number of carboxylic acid groups (broad SMARTS) is 1. The van der Waals surface area contributed by atoms with Gasteiger partial charge in [0.15, 0.2) is 0 Å². The summed E-state index contributed by atoms with van der Waals surface area (Å²) in [5, 5.41) is 22.4. The van der Waals surface area contributed by atoms with Crippen LogP contribution in [-0.4, -0.2) is 25.6 Å². The maximum absolute atomic E-state index is 11.6. The summed E-state index contributed by atoms with van der Waals surface area (Å²) in [4.78, 5) is 26.3. The van der Waals surface area contributed by atoms with Gasteiger partial charge in [-0.05, 0) is 12.1 Å². The van der Waals surface area contributed by atoms with Crippen LogP contribution in [0.15, 0.2) is 47.4 Å². The van der Waals surface area contributed by atoms with Gasteiger partial charge in [-0.15, -0.1) is 11.3 Å². The molecule has 0 unspecified atom stereocenters. The number of hydrogen-bond acceptors (Lipinski definition) is 5. The molecule has 0 bridgehead atoms. The van der Waals surface area contributed by atoms with Crippen LogP contribution in [0.3, 0.4) is 0 Å². The Hall–Kier alpha value is -3.00. The van der Waals surface area contributed by atoms with Crippen molar-refractivity contribution in [3.8, 4) is 16.9 Å². The Morgan fingerprint density at radius 3 is 2.73 bits per heavy atom. The lowest BCUT2D eigenvalue weighted by Crippen LogP contribution is -2.09. The molecule has 0 atom stereocenters. The average molecular weight is 315 g/mol. The summed E-state index contributed by atoms with van der Waals surface area (Å²) < 4.78 is 1.30. The summed E-state index contributed by atoms with van der Waals surface area (Å²) >= 11 is 1.35. The fourth-order valence-corrected chi connectivity index (χ4v) is 2.78. The van der Waals surface area contributed by atoms with E-state index in [9.17, 15) is 20.0 Å². The third kappa shape index (κ3) is 2.25. The van der Waals surface area contributed by atoms with Crippen LogP contribution in [0.5, 0.6) is 0 Å². The molecule has 0 aliphatic rings. The van der Waals surface area contributed by atoms with Gasteiger partial charge < -0.3 is 9.67 Å². The molecule has 1 N–H and O–H groups in total. The summed E-state index contributed by atoms with van der Waals surface area (Å²) in [6.45, 7) is 0. The van der Waals surface area contributed by atoms with Crippen molar-refractivity contribution in [3.63, 3.8) is 0 Å². The molecule has 22 heavy (non-hydrogen) atoms. The van der Waals surface area contributed by atoms with Crippen molar-refractivity contribution in [2.45, 2.75) is 0 Å². The van der Waals surface area contributed by atoms with Gasteiger partial charge in [0, 0.05) is 23.2 Å². The summed E-state index contributed by atoms with van der Waals surface area (Å²) in [5.74, 6) is -1.17. The predicted molar refractivity (Wildman–Crippen MR) is 80.5 cm³/mol. The molecule has 0 saturated carbocycles. The Kier molecular flexibility index (Phi) is 3.43. The van der Waals surface area contributed by atoms with E-state index in [1.807, 2.05) is 0 Å². The van der Waals surface area contributed by atoms with E-state index in [-0.39, 0.29) is 17.1 Å². The maximum atomic E-state index is 11.6. The fraction of sp³-hybridized carbons (Fsp3) is 0. The Balaban J connectivity index is 2.25. The summed E-state index contributed by atoms with van der Waals surface area (Å²) in [5.41, 5.74) is 2.53. The highest BCUT2D eigenvalue weighted by atomic mass is 32.1. The highest BCUT2D eigenvalue weighted by Gasteiger charge is 2.23. The number of para-hydroxylation sites is 2. The van der Waals surface area contributed by atoms with Gasteiger partial charge in [0.05, 0.1) is 16.1 Å².